The quantitative estimate of drug-likeness (QED) is 0.539. The fourth-order valence-corrected chi connectivity index (χ4v) is 3.14. The van der Waals surface area contributed by atoms with Crippen molar-refractivity contribution in [1.82, 2.24) is 24.8 Å². The van der Waals surface area contributed by atoms with Crippen molar-refractivity contribution in [3.63, 3.8) is 0 Å². The molecule has 0 fully saturated rings. The highest BCUT2D eigenvalue weighted by Crippen LogP contribution is 2.10. The molecule has 3 heterocycles. The standard InChI is InChI=1S/C23H29N5/c1-20(2)28(19-23-11-5-8-14-26-23)16-15-27(17-21-9-3-6-12-24-21)18-22-10-4-7-13-25-22/h3-14,20H,15-19H2,1-2H3. The summed E-state index contributed by atoms with van der Waals surface area (Å²) in [6, 6.07) is 18.7. The zero-order chi connectivity index (χ0) is 19.6. The van der Waals surface area contributed by atoms with Gasteiger partial charge in [-0.05, 0) is 50.2 Å². The Morgan fingerprint density at radius 1 is 0.643 bits per heavy atom. The Balaban J connectivity index is 1.66. The molecule has 0 bridgehead atoms. The molecule has 3 rings (SSSR count). The van der Waals surface area contributed by atoms with Crippen molar-refractivity contribution in [3.8, 4) is 0 Å². The van der Waals surface area contributed by atoms with Gasteiger partial charge in [-0.2, -0.15) is 0 Å². The van der Waals surface area contributed by atoms with Crippen LogP contribution in [0.1, 0.15) is 30.9 Å². The second-order valence-electron chi connectivity index (χ2n) is 7.24. The molecule has 5 nitrogen and oxygen atoms in total. The van der Waals surface area contributed by atoms with Crippen LogP contribution in [0.5, 0.6) is 0 Å². The summed E-state index contributed by atoms with van der Waals surface area (Å²) < 4.78 is 0. The monoisotopic (exact) mass is 375 g/mol. The van der Waals surface area contributed by atoms with Gasteiger partial charge >= 0.3 is 0 Å². The lowest BCUT2D eigenvalue weighted by Gasteiger charge is -2.30. The van der Waals surface area contributed by atoms with Crippen LogP contribution >= 0.6 is 0 Å². The molecule has 0 aliphatic carbocycles. The van der Waals surface area contributed by atoms with Gasteiger partial charge in [0.15, 0.2) is 0 Å². The van der Waals surface area contributed by atoms with Crippen molar-refractivity contribution in [2.24, 2.45) is 0 Å². The highest BCUT2D eigenvalue weighted by atomic mass is 15.2. The molecule has 0 aliphatic heterocycles. The van der Waals surface area contributed by atoms with E-state index in [2.05, 4.69) is 62.9 Å². The van der Waals surface area contributed by atoms with Gasteiger partial charge in [-0.25, -0.2) is 0 Å². The van der Waals surface area contributed by atoms with E-state index < -0.39 is 0 Å². The van der Waals surface area contributed by atoms with Crippen LogP contribution in [-0.2, 0) is 19.6 Å². The predicted molar refractivity (Wildman–Crippen MR) is 112 cm³/mol. The number of hydrogen-bond acceptors (Lipinski definition) is 5. The van der Waals surface area contributed by atoms with Crippen LogP contribution in [0.3, 0.4) is 0 Å². The maximum atomic E-state index is 4.50. The number of hydrogen-bond donors (Lipinski definition) is 0. The SMILES string of the molecule is CC(C)N(CCN(Cc1ccccn1)Cc1ccccn1)Cc1ccccn1. The Labute approximate surface area is 168 Å². The smallest absolute Gasteiger partial charge is 0.0544 e. The summed E-state index contributed by atoms with van der Waals surface area (Å²) in [7, 11) is 0. The predicted octanol–water partition coefficient (Wildman–Crippen LogP) is 3.78. The lowest BCUT2D eigenvalue weighted by atomic mass is 10.2. The van der Waals surface area contributed by atoms with Gasteiger partial charge < -0.3 is 0 Å². The summed E-state index contributed by atoms with van der Waals surface area (Å²) >= 11 is 0. The molecule has 0 amide bonds. The van der Waals surface area contributed by atoms with E-state index in [4.69, 9.17) is 0 Å². The van der Waals surface area contributed by atoms with Crippen molar-refractivity contribution in [3.05, 3.63) is 90.3 Å². The van der Waals surface area contributed by atoms with Crippen molar-refractivity contribution in [2.45, 2.75) is 39.5 Å². The summed E-state index contributed by atoms with van der Waals surface area (Å²) in [6.07, 6.45) is 5.58. The van der Waals surface area contributed by atoms with E-state index in [-0.39, 0.29) is 0 Å². The van der Waals surface area contributed by atoms with E-state index >= 15 is 0 Å². The zero-order valence-electron chi connectivity index (χ0n) is 16.8. The Hall–Kier alpha value is -2.63. The number of aromatic nitrogens is 3. The third kappa shape index (κ3) is 6.51. The summed E-state index contributed by atoms with van der Waals surface area (Å²) in [5.41, 5.74) is 3.27. The minimum absolute atomic E-state index is 0.452. The largest absolute Gasteiger partial charge is 0.294 e. The van der Waals surface area contributed by atoms with Crippen molar-refractivity contribution in [1.29, 1.82) is 0 Å². The Bertz CT molecular complexity index is 751. The van der Waals surface area contributed by atoms with Crippen LogP contribution in [0.4, 0.5) is 0 Å². The molecular weight excluding hydrogens is 346 g/mol. The van der Waals surface area contributed by atoms with E-state index in [9.17, 15) is 0 Å². The zero-order valence-corrected chi connectivity index (χ0v) is 16.8. The molecule has 0 N–H and O–H groups in total. The molecule has 0 saturated heterocycles. The van der Waals surface area contributed by atoms with Gasteiger partial charge in [0.05, 0.1) is 17.1 Å². The van der Waals surface area contributed by atoms with E-state index in [1.165, 1.54) is 0 Å². The molecule has 0 saturated carbocycles. The van der Waals surface area contributed by atoms with Crippen LogP contribution in [0.2, 0.25) is 0 Å². The van der Waals surface area contributed by atoms with Gasteiger partial charge in [0.25, 0.3) is 0 Å². The molecular formula is C23H29N5. The minimum atomic E-state index is 0.452. The highest BCUT2D eigenvalue weighted by Gasteiger charge is 2.15. The van der Waals surface area contributed by atoms with Crippen LogP contribution in [0, 0.1) is 0 Å². The summed E-state index contributed by atoms with van der Waals surface area (Å²) in [6.45, 7) is 8.88. The first kappa shape index (κ1) is 20.1. The first-order chi connectivity index (χ1) is 13.7. The summed E-state index contributed by atoms with van der Waals surface area (Å²) in [4.78, 5) is 18.4. The topological polar surface area (TPSA) is 45.2 Å². The average Bonchev–Trinajstić information content (AvgIpc) is 2.73. The van der Waals surface area contributed by atoms with E-state index in [1.807, 2.05) is 48.9 Å². The van der Waals surface area contributed by atoms with Crippen LogP contribution in [0.15, 0.2) is 73.2 Å². The van der Waals surface area contributed by atoms with E-state index in [1.54, 1.807) is 0 Å². The second-order valence-corrected chi connectivity index (χ2v) is 7.24. The second kappa shape index (κ2) is 10.6. The lowest BCUT2D eigenvalue weighted by Crippen LogP contribution is -2.38. The molecule has 0 unspecified atom stereocenters. The van der Waals surface area contributed by atoms with E-state index in [0.29, 0.717) is 6.04 Å². The lowest BCUT2D eigenvalue weighted by molar-refractivity contribution is 0.158. The van der Waals surface area contributed by atoms with Crippen molar-refractivity contribution in [2.75, 3.05) is 13.1 Å². The van der Waals surface area contributed by atoms with Gasteiger partial charge in [0, 0.05) is 57.4 Å². The molecule has 0 spiro atoms. The first-order valence-corrected chi connectivity index (χ1v) is 9.87. The van der Waals surface area contributed by atoms with Gasteiger partial charge in [-0.15, -0.1) is 0 Å². The van der Waals surface area contributed by atoms with Gasteiger partial charge in [-0.1, -0.05) is 18.2 Å². The molecule has 0 atom stereocenters. The van der Waals surface area contributed by atoms with Crippen LogP contribution < -0.4 is 0 Å². The molecule has 28 heavy (non-hydrogen) atoms. The molecule has 146 valence electrons. The third-order valence-corrected chi connectivity index (χ3v) is 4.75. The highest BCUT2D eigenvalue weighted by molar-refractivity contribution is 5.06. The minimum Gasteiger partial charge on any atom is -0.294 e. The normalized spacial score (nSPS) is 11.5. The van der Waals surface area contributed by atoms with Crippen LogP contribution in [-0.4, -0.2) is 43.9 Å². The molecule has 3 aromatic heterocycles. The fourth-order valence-electron chi connectivity index (χ4n) is 3.14. The average molecular weight is 376 g/mol. The number of pyridine rings is 3. The van der Waals surface area contributed by atoms with E-state index in [0.717, 1.165) is 49.8 Å². The summed E-state index contributed by atoms with van der Waals surface area (Å²) in [5, 5.41) is 0. The number of rotatable bonds is 10. The Kier molecular flexibility index (Phi) is 7.64. The van der Waals surface area contributed by atoms with Gasteiger partial charge in [0.2, 0.25) is 0 Å². The van der Waals surface area contributed by atoms with Gasteiger partial charge in [0.1, 0.15) is 0 Å². The first-order valence-electron chi connectivity index (χ1n) is 9.87. The third-order valence-electron chi connectivity index (χ3n) is 4.75. The summed E-state index contributed by atoms with van der Waals surface area (Å²) in [5.74, 6) is 0. The molecule has 0 radical (unpaired) electrons. The maximum absolute atomic E-state index is 4.50. The molecule has 0 aromatic carbocycles. The van der Waals surface area contributed by atoms with Crippen LogP contribution in [0.25, 0.3) is 0 Å². The number of nitrogens with zero attached hydrogens (tertiary/aromatic N) is 5. The Morgan fingerprint density at radius 3 is 1.50 bits per heavy atom. The molecule has 0 aliphatic rings. The molecule has 5 heteroatoms. The van der Waals surface area contributed by atoms with Crippen molar-refractivity contribution < 1.29 is 0 Å². The Morgan fingerprint density at radius 2 is 1.11 bits per heavy atom. The fraction of sp³-hybridized carbons (Fsp3) is 0.348. The maximum Gasteiger partial charge on any atom is 0.0544 e. The molecule has 3 aromatic rings. The van der Waals surface area contributed by atoms with Gasteiger partial charge in [-0.3, -0.25) is 24.8 Å². The van der Waals surface area contributed by atoms with Crippen molar-refractivity contribution >= 4 is 0 Å².